The van der Waals surface area contributed by atoms with Gasteiger partial charge in [0, 0.05) is 28.6 Å². The molecule has 3 aromatic carbocycles. The van der Waals surface area contributed by atoms with Gasteiger partial charge in [0.25, 0.3) is 0 Å². The molecule has 0 amide bonds. The van der Waals surface area contributed by atoms with Crippen molar-refractivity contribution in [2.45, 2.75) is 40.7 Å². The third kappa shape index (κ3) is 4.11. The lowest BCUT2D eigenvalue weighted by Crippen LogP contribution is -2.12. The van der Waals surface area contributed by atoms with E-state index in [1.54, 1.807) is 6.07 Å². The molecular formula is C30H33NO5. The number of nitrogens with zero attached hydrogens (tertiary/aromatic N) is 1. The number of rotatable bonds is 9. The molecule has 1 aliphatic heterocycles. The Balaban J connectivity index is 1.80. The number of hydrogen-bond acceptors (Lipinski definition) is 5. The fourth-order valence-electron chi connectivity index (χ4n) is 5.15. The van der Waals surface area contributed by atoms with Crippen molar-refractivity contribution in [3.63, 3.8) is 0 Å². The lowest BCUT2D eigenvalue weighted by molar-refractivity contribution is 0.287. The summed E-state index contributed by atoms with van der Waals surface area (Å²) >= 11 is 0. The zero-order valence-corrected chi connectivity index (χ0v) is 21.4. The first-order valence-electron chi connectivity index (χ1n) is 12.8. The van der Waals surface area contributed by atoms with Gasteiger partial charge >= 0.3 is 0 Å². The van der Waals surface area contributed by atoms with E-state index >= 15 is 0 Å². The summed E-state index contributed by atoms with van der Waals surface area (Å²) in [6, 6.07) is 15.9. The van der Waals surface area contributed by atoms with E-state index in [9.17, 15) is 5.11 Å². The molecule has 5 rings (SSSR count). The van der Waals surface area contributed by atoms with Gasteiger partial charge in [-0.25, -0.2) is 0 Å². The minimum Gasteiger partial charge on any atom is -0.508 e. The van der Waals surface area contributed by atoms with Crippen molar-refractivity contribution < 1.29 is 24.1 Å². The van der Waals surface area contributed by atoms with Crippen molar-refractivity contribution in [2.24, 2.45) is 0 Å². The number of hydrogen-bond donors (Lipinski definition) is 1. The number of ether oxygens (including phenoxy) is 4. The largest absolute Gasteiger partial charge is 0.508 e. The van der Waals surface area contributed by atoms with E-state index in [0.717, 1.165) is 63.5 Å². The second-order valence-electron chi connectivity index (χ2n) is 8.68. The molecule has 36 heavy (non-hydrogen) atoms. The van der Waals surface area contributed by atoms with Crippen molar-refractivity contribution in [1.82, 2.24) is 4.57 Å². The van der Waals surface area contributed by atoms with Gasteiger partial charge in [-0.2, -0.15) is 0 Å². The van der Waals surface area contributed by atoms with Crippen molar-refractivity contribution >= 4 is 10.9 Å². The van der Waals surface area contributed by atoms with Gasteiger partial charge in [0.2, 0.25) is 0 Å². The van der Waals surface area contributed by atoms with E-state index in [1.165, 1.54) is 5.56 Å². The van der Waals surface area contributed by atoms with Gasteiger partial charge in [-0.1, -0.05) is 6.07 Å². The first-order chi connectivity index (χ1) is 17.6. The molecule has 0 saturated heterocycles. The summed E-state index contributed by atoms with van der Waals surface area (Å²) in [7, 11) is 0. The number of phenolic OH excluding ortho intramolecular Hbond substituents is 1. The van der Waals surface area contributed by atoms with Crippen LogP contribution in [0.15, 0.2) is 48.5 Å². The van der Waals surface area contributed by atoms with Crippen molar-refractivity contribution in [3.8, 4) is 51.1 Å². The van der Waals surface area contributed by atoms with E-state index in [-0.39, 0.29) is 5.75 Å². The summed E-state index contributed by atoms with van der Waals surface area (Å²) in [6.45, 7) is 11.0. The molecule has 0 atom stereocenters. The molecule has 1 aliphatic rings. The Labute approximate surface area is 212 Å². The Morgan fingerprint density at radius 2 is 1.36 bits per heavy atom. The van der Waals surface area contributed by atoms with Crippen LogP contribution in [0.5, 0.6) is 28.7 Å². The molecule has 4 aromatic rings. The monoisotopic (exact) mass is 487 g/mol. The molecule has 188 valence electrons. The van der Waals surface area contributed by atoms with Crippen LogP contribution in [-0.4, -0.2) is 36.1 Å². The molecule has 6 nitrogen and oxygen atoms in total. The van der Waals surface area contributed by atoms with Gasteiger partial charge in [-0.3, -0.25) is 0 Å². The Bertz CT molecular complexity index is 1400. The summed E-state index contributed by atoms with van der Waals surface area (Å²) in [5, 5.41) is 11.4. The van der Waals surface area contributed by atoms with E-state index in [0.29, 0.717) is 32.2 Å². The van der Waals surface area contributed by atoms with Crippen LogP contribution in [0.4, 0.5) is 0 Å². The maximum absolute atomic E-state index is 10.4. The molecule has 1 N–H and O–H groups in total. The molecule has 0 aliphatic carbocycles. The number of aryl methyl sites for hydroxylation is 2. The minimum atomic E-state index is 0.240. The summed E-state index contributed by atoms with van der Waals surface area (Å²) in [5.41, 5.74) is 6.59. The highest BCUT2D eigenvalue weighted by molar-refractivity contribution is 6.06. The summed E-state index contributed by atoms with van der Waals surface area (Å²) in [5.74, 6) is 3.20. The Morgan fingerprint density at radius 1 is 0.722 bits per heavy atom. The van der Waals surface area contributed by atoms with Crippen LogP contribution in [0.1, 0.15) is 33.3 Å². The second kappa shape index (κ2) is 10.1. The van der Waals surface area contributed by atoms with Crippen LogP contribution in [-0.2, 0) is 13.0 Å². The number of aromatic nitrogens is 1. The first-order valence-corrected chi connectivity index (χ1v) is 12.8. The topological polar surface area (TPSA) is 62.1 Å². The van der Waals surface area contributed by atoms with E-state index < -0.39 is 0 Å². The van der Waals surface area contributed by atoms with Gasteiger partial charge in [0.1, 0.15) is 5.75 Å². The summed E-state index contributed by atoms with van der Waals surface area (Å²) < 4.78 is 26.0. The molecule has 2 heterocycles. The maximum atomic E-state index is 10.4. The highest BCUT2D eigenvalue weighted by Crippen LogP contribution is 2.48. The summed E-state index contributed by atoms with van der Waals surface area (Å²) in [6.07, 6.45) is 0.881. The maximum Gasteiger partial charge on any atom is 0.161 e. The van der Waals surface area contributed by atoms with Crippen molar-refractivity contribution in [1.29, 1.82) is 0 Å². The third-order valence-corrected chi connectivity index (χ3v) is 6.51. The normalized spacial score (nSPS) is 12.2. The molecule has 1 aromatic heterocycles. The van der Waals surface area contributed by atoms with Crippen molar-refractivity contribution in [2.75, 3.05) is 26.4 Å². The molecule has 0 spiro atoms. The van der Waals surface area contributed by atoms with Crippen LogP contribution in [0, 0.1) is 0 Å². The van der Waals surface area contributed by atoms with Gasteiger partial charge in [0.05, 0.1) is 32.1 Å². The zero-order chi connectivity index (χ0) is 25.2. The van der Waals surface area contributed by atoms with Crippen LogP contribution in [0.2, 0.25) is 0 Å². The minimum absolute atomic E-state index is 0.240. The standard InChI is InChI=1S/C30H33NO5/c1-5-33-25-12-9-20(16-26(25)34-6-2)29-23-17-21(32)10-11-24(23)31-14-13-19-15-27(35-7-3)28(36-8-4)18-22(19)30(29)31/h9-12,15-18,32H,5-8,13-14H2,1-4H3. The highest BCUT2D eigenvalue weighted by Gasteiger charge is 2.27. The van der Waals surface area contributed by atoms with Gasteiger partial charge in [-0.05, 0) is 87.7 Å². The number of benzene rings is 3. The van der Waals surface area contributed by atoms with Crippen LogP contribution in [0.25, 0.3) is 33.3 Å². The average molecular weight is 488 g/mol. The van der Waals surface area contributed by atoms with Gasteiger partial charge in [0.15, 0.2) is 23.0 Å². The lowest BCUT2D eigenvalue weighted by atomic mass is 9.92. The smallest absolute Gasteiger partial charge is 0.161 e. The highest BCUT2D eigenvalue weighted by atomic mass is 16.5. The molecule has 0 fully saturated rings. The van der Waals surface area contributed by atoms with Gasteiger partial charge < -0.3 is 28.6 Å². The molecular weight excluding hydrogens is 454 g/mol. The SMILES string of the molecule is CCOc1ccc(-c2c3n(c4ccc(O)cc24)CCc2cc(OCC)c(OCC)cc2-3)cc1OCC. The predicted octanol–water partition coefficient (Wildman–Crippen LogP) is 6.83. The number of aromatic hydroxyl groups is 1. The Hall–Kier alpha value is -3.80. The Morgan fingerprint density at radius 3 is 2.06 bits per heavy atom. The fraction of sp³-hybridized carbons (Fsp3) is 0.333. The van der Waals surface area contributed by atoms with E-state index in [4.69, 9.17) is 18.9 Å². The van der Waals surface area contributed by atoms with Crippen LogP contribution >= 0.6 is 0 Å². The fourth-order valence-corrected chi connectivity index (χ4v) is 5.15. The summed E-state index contributed by atoms with van der Waals surface area (Å²) in [4.78, 5) is 0. The molecule has 0 saturated carbocycles. The van der Waals surface area contributed by atoms with Crippen molar-refractivity contribution in [3.05, 3.63) is 54.1 Å². The zero-order valence-electron chi connectivity index (χ0n) is 21.4. The molecule has 0 bridgehead atoms. The predicted molar refractivity (Wildman–Crippen MR) is 143 cm³/mol. The van der Waals surface area contributed by atoms with Crippen LogP contribution in [0.3, 0.4) is 0 Å². The number of phenols is 1. The average Bonchev–Trinajstić information content (AvgIpc) is 3.20. The first kappa shape index (κ1) is 23.9. The van der Waals surface area contributed by atoms with Crippen LogP contribution < -0.4 is 18.9 Å². The Kier molecular flexibility index (Phi) is 6.68. The van der Waals surface area contributed by atoms with Gasteiger partial charge in [-0.15, -0.1) is 0 Å². The molecule has 6 heteroatoms. The number of fused-ring (bicyclic) bond motifs is 5. The lowest BCUT2D eigenvalue weighted by Gasteiger charge is -2.24. The quantitative estimate of drug-likeness (QED) is 0.280. The van der Waals surface area contributed by atoms with E-state index in [2.05, 4.69) is 22.8 Å². The van der Waals surface area contributed by atoms with E-state index in [1.807, 2.05) is 52.0 Å². The molecule has 0 radical (unpaired) electrons. The second-order valence-corrected chi connectivity index (χ2v) is 8.68. The molecule has 0 unspecified atom stereocenters. The third-order valence-electron chi connectivity index (χ3n) is 6.51.